The molecule has 0 amide bonds. The fourth-order valence-electron chi connectivity index (χ4n) is 2.49. The van der Waals surface area contributed by atoms with Gasteiger partial charge < -0.3 is 4.74 Å². The summed E-state index contributed by atoms with van der Waals surface area (Å²) in [6, 6.07) is 0.0740. The smallest absolute Gasteiger partial charge is 0.0710 e. The minimum Gasteiger partial charge on any atom is -0.378 e. The summed E-state index contributed by atoms with van der Waals surface area (Å²) < 4.78 is 8.75. The fourth-order valence-corrected chi connectivity index (χ4v) is 3.06. The second kappa shape index (κ2) is 6.65. The SMILES string of the molecule is CCn1ncc(Br)c1C(CC1CCCCO1)NN. The molecule has 1 aliphatic heterocycles. The Morgan fingerprint density at radius 1 is 1.67 bits per heavy atom. The van der Waals surface area contributed by atoms with Crippen molar-refractivity contribution in [2.45, 2.75) is 51.3 Å². The quantitative estimate of drug-likeness (QED) is 0.645. The van der Waals surface area contributed by atoms with Crippen LogP contribution in [-0.4, -0.2) is 22.5 Å². The van der Waals surface area contributed by atoms with Gasteiger partial charge in [0.2, 0.25) is 0 Å². The molecule has 2 unspecified atom stereocenters. The third kappa shape index (κ3) is 3.12. The largest absolute Gasteiger partial charge is 0.378 e. The van der Waals surface area contributed by atoms with Crippen LogP contribution in [0.2, 0.25) is 0 Å². The van der Waals surface area contributed by atoms with Crippen LogP contribution in [0.25, 0.3) is 0 Å². The van der Waals surface area contributed by atoms with Crippen molar-refractivity contribution in [3.05, 3.63) is 16.4 Å². The zero-order chi connectivity index (χ0) is 13.0. The molecular weight excluding hydrogens is 296 g/mol. The molecule has 18 heavy (non-hydrogen) atoms. The molecule has 0 aliphatic carbocycles. The summed E-state index contributed by atoms with van der Waals surface area (Å²) in [6.45, 7) is 3.79. The topological polar surface area (TPSA) is 65.1 Å². The van der Waals surface area contributed by atoms with E-state index in [0.29, 0.717) is 6.10 Å². The lowest BCUT2D eigenvalue weighted by molar-refractivity contribution is 0.00446. The van der Waals surface area contributed by atoms with Crippen molar-refractivity contribution in [1.82, 2.24) is 15.2 Å². The molecule has 2 atom stereocenters. The summed E-state index contributed by atoms with van der Waals surface area (Å²) >= 11 is 3.54. The maximum atomic E-state index is 5.78. The number of ether oxygens (including phenoxy) is 1. The van der Waals surface area contributed by atoms with Crippen LogP contribution in [-0.2, 0) is 11.3 Å². The Bertz CT molecular complexity index is 376. The number of nitrogens with two attached hydrogens (primary N) is 1. The first-order valence-electron chi connectivity index (χ1n) is 6.55. The lowest BCUT2D eigenvalue weighted by Crippen LogP contribution is -2.34. The Balaban J connectivity index is 2.09. The summed E-state index contributed by atoms with van der Waals surface area (Å²) in [7, 11) is 0. The summed E-state index contributed by atoms with van der Waals surface area (Å²) in [6.07, 6.45) is 6.55. The number of nitrogens with zero attached hydrogens (tertiary/aromatic N) is 2. The second-order valence-corrected chi connectivity index (χ2v) is 5.49. The minimum atomic E-state index is 0.0740. The monoisotopic (exact) mass is 316 g/mol. The van der Waals surface area contributed by atoms with Crippen LogP contribution in [0.1, 0.15) is 44.3 Å². The Morgan fingerprint density at radius 3 is 3.11 bits per heavy atom. The summed E-state index contributed by atoms with van der Waals surface area (Å²) in [4.78, 5) is 0. The summed E-state index contributed by atoms with van der Waals surface area (Å²) in [5.41, 5.74) is 4.00. The van der Waals surface area contributed by atoms with E-state index >= 15 is 0 Å². The molecule has 0 saturated carbocycles. The van der Waals surface area contributed by atoms with Gasteiger partial charge in [0.15, 0.2) is 0 Å². The number of hydrogen-bond acceptors (Lipinski definition) is 4. The van der Waals surface area contributed by atoms with E-state index in [1.165, 1.54) is 12.8 Å². The van der Waals surface area contributed by atoms with Gasteiger partial charge in [-0.3, -0.25) is 16.0 Å². The lowest BCUT2D eigenvalue weighted by Gasteiger charge is -2.27. The second-order valence-electron chi connectivity index (χ2n) is 4.64. The highest BCUT2D eigenvalue weighted by atomic mass is 79.9. The third-order valence-corrected chi connectivity index (χ3v) is 4.05. The van der Waals surface area contributed by atoms with E-state index in [9.17, 15) is 0 Å². The molecule has 0 bridgehead atoms. The zero-order valence-corrected chi connectivity index (χ0v) is 12.3. The molecule has 1 aromatic heterocycles. The first kappa shape index (κ1) is 14.0. The van der Waals surface area contributed by atoms with E-state index in [1.54, 1.807) is 0 Å². The van der Waals surface area contributed by atoms with E-state index in [4.69, 9.17) is 10.6 Å². The highest BCUT2D eigenvalue weighted by molar-refractivity contribution is 9.10. The molecule has 5 nitrogen and oxygen atoms in total. The summed E-state index contributed by atoms with van der Waals surface area (Å²) in [5.74, 6) is 5.71. The highest BCUT2D eigenvalue weighted by Crippen LogP contribution is 2.29. The zero-order valence-electron chi connectivity index (χ0n) is 10.7. The van der Waals surface area contributed by atoms with E-state index in [2.05, 4.69) is 33.4 Å². The number of rotatable bonds is 5. The molecule has 1 aliphatic rings. The van der Waals surface area contributed by atoms with Gasteiger partial charge >= 0.3 is 0 Å². The highest BCUT2D eigenvalue weighted by Gasteiger charge is 2.24. The van der Waals surface area contributed by atoms with Crippen LogP contribution in [0.3, 0.4) is 0 Å². The number of aryl methyl sites for hydroxylation is 1. The van der Waals surface area contributed by atoms with Crippen LogP contribution in [0.15, 0.2) is 10.7 Å². The van der Waals surface area contributed by atoms with Crippen molar-refractivity contribution >= 4 is 15.9 Å². The van der Waals surface area contributed by atoms with Gasteiger partial charge in [0, 0.05) is 13.2 Å². The molecule has 0 radical (unpaired) electrons. The predicted octanol–water partition coefficient (Wildman–Crippen LogP) is 2.13. The Hall–Kier alpha value is -0.430. The van der Waals surface area contributed by atoms with Crippen LogP contribution >= 0.6 is 15.9 Å². The molecule has 0 aromatic carbocycles. The summed E-state index contributed by atoms with van der Waals surface area (Å²) in [5, 5.41) is 4.33. The molecule has 2 rings (SSSR count). The first-order chi connectivity index (χ1) is 8.76. The van der Waals surface area contributed by atoms with Gasteiger partial charge in [-0.1, -0.05) is 0 Å². The number of nitrogens with one attached hydrogen (secondary N) is 1. The van der Waals surface area contributed by atoms with Crippen molar-refractivity contribution in [3.63, 3.8) is 0 Å². The molecule has 6 heteroatoms. The molecule has 1 aromatic rings. The molecule has 1 fully saturated rings. The normalized spacial score (nSPS) is 22.1. The Labute approximate surface area is 116 Å². The minimum absolute atomic E-state index is 0.0740. The molecule has 3 N–H and O–H groups in total. The lowest BCUT2D eigenvalue weighted by atomic mass is 10.0. The number of hydrazine groups is 1. The van der Waals surface area contributed by atoms with Crippen LogP contribution in [0.5, 0.6) is 0 Å². The average molecular weight is 317 g/mol. The van der Waals surface area contributed by atoms with Crippen molar-refractivity contribution in [1.29, 1.82) is 0 Å². The Kier molecular flexibility index (Phi) is 5.17. The molecular formula is C12H21BrN4O. The van der Waals surface area contributed by atoms with Gasteiger partial charge in [-0.05, 0) is 48.5 Å². The maximum Gasteiger partial charge on any atom is 0.0710 e. The number of aromatic nitrogens is 2. The van der Waals surface area contributed by atoms with E-state index in [1.807, 2.05) is 10.9 Å². The molecule has 102 valence electrons. The van der Waals surface area contributed by atoms with Crippen molar-refractivity contribution in [2.75, 3.05) is 6.61 Å². The van der Waals surface area contributed by atoms with Crippen LogP contribution in [0, 0.1) is 0 Å². The van der Waals surface area contributed by atoms with E-state index in [0.717, 1.165) is 36.2 Å². The predicted molar refractivity (Wildman–Crippen MR) is 73.9 cm³/mol. The van der Waals surface area contributed by atoms with Crippen LogP contribution < -0.4 is 11.3 Å². The van der Waals surface area contributed by atoms with E-state index in [-0.39, 0.29) is 6.04 Å². The van der Waals surface area contributed by atoms with Gasteiger partial charge in [-0.15, -0.1) is 0 Å². The fraction of sp³-hybridized carbons (Fsp3) is 0.750. The number of hydrogen-bond donors (Lipinski definition) is 2. The molecule has 1 saturated heterocycles. The standard InChI is InChI=1S/C12H21BrN4O/c1-2-17-12(10(13)8-15-17)11(16-14)7-9-5-3-4-6-18-9/h8-9,11,16H,2-7,14H2,1H3. The van der Waals surface area contributed by atoms with Gasteiger partial charge in [0.1, 0.15) is 0 Å². The van der Waals surface area contributed by atoms with Gasteiger partial charge in [-0.25, -0.2) is 0 Å². The van der Waals surface area contributed by atoms with E-state index < -0.39 is 0 Å². The van der Waals surface area contributed by atoms with Crippen molar-refractivity contribution in [2.24, 2.45) is 5.84 Å². The molecule has 0 spiro atoms. The number of halogens is 1. The third-order valence-electron chi connectivity index (χ3n) is 3.44. The maximum absolute atomic E-state index is 5.78. The van der Waals surface area contributed by atoms with Gasteiger partial charge in [0.25, 0.3) is 0 Å². The molecule has 2 heterocycles. The van der Waals surface area contributed by atoms with Crippen LogP contribution in [0.4, 0.5) is 0 Å². The van der Waals surface area contributed by atoms with Gasteiger partial charge in [0.05, 0.1) is 28.5 Å². The van der Waals surface area contributed by atoms with Crippen molar-refractivity contribution in [3.8, 4) is 0 Å². The average Bonchev–Trinajstić information content (AvgIpc) is 2.78. The van der Waals surface area contributed by atoms with Crippen molar-refractivity contribution < 1.29 is 4.74 Å². The van der Waals surface area contributed by atoms with Gasteiger partial charge in [-0.2, -0.15) is 5.10 Å². The Morgan fingerprint density at radius 2 is 2.50 bits per heavy atom. The first-order valence-corrected chi connectivity index (χ1v) is 7.34.